The molecule has 5 nitrogen and oxygen atoms in total. The minimum Gasteiger partial charge on any atom is -0.491 e. The van der Waals surface area contributed by atoms with E-state index in [0.29, 0.717) is 22.1 Å². The summed E-state index contributed by atoms with van der Waals surface area (Å²) in [5, 5.41) is 20.6. The second-order valence-electron chi connectivity index (χ2n) is 6.09. The van der Waals surface area contributed by atoms with Crippen molar-refractivity contribution in [3.8, 4) is 11.8 Å². The number of aliphatic hydroxyl groups excluding tert-OH is 1. The number of hydrogen-bond donors (Lipinski definition) is 1. The Hall–Kier alpha value is -2.20. The van der Waals surface area contributed by atoms with Crippen molar-refractivity contribution in [2.24, 2.45) is 0 Å². The van der Waals surface area contributed by atoms with Gasteiger partial charge in [0, 0.05) is 17.3 Å². The zero-order chi connectivity index (χ0) is 19.2. The van der Waals surface area contributed by atoms with Crippen molar-refractivity contribution in [2.75, 3.05) is 12.4 Å². The maximum atomic E-state index is 10.3. The maximum Gasteiger partial charge on any atom is 0.169 e. The summed E-state index contributed by atoms with van der Waals surface area (Å²) in [5.41, 5.74) is 2.49. The molecule has 3 aromatic rings. The van der Waals surface area contributed by atoms with Crippen LogP contribution in [0, 0.1) is 11.3 Å². The minimum atomic E-state index is -0.635. The summed E-state index contributed by atoms with van der Waals surface area (Å²) in [5.74, 6) is 1.10. The van der Waals surface area contributed by atoms with E-state index in [-0.39, 0.29) is 6.61 Å². The lowest BCUT2D eigenvalue weighted by molar-refractivity contribution is 0.126. The summed E-state index contributed by atoms with van der Waals surface area (Å²) in [7, 11) is 0. The van der Waals surface area contributed by atoms with Crippen LogP contribution in [0.15, 0.2) is 47.6 Å². The van der Waals surface area contributed by atoms with Crippen LogP contribution in [-0.4, -0.2) is 33.1 Å². The zero-order valence-corrected chi connectivity index (χ0v) is 16.5. The van der Waals surface area contributed by atoms with E-state index >= 15 is 0 Å². The van der Waals surface area contributed by atoms with Gasteiger partial charge in [0.15, 0.2) is 5.16 Å². The molecule has 0 saturated heterocycles. The van der Waals surface area contributed by atoms with E-state index in [9.17, 15) is 5.11 Å². The number of hydrogen-bond acceptors (Lipinski definition) is 5. The van der Waals surface area contributed by atoms with E-state index in [0.717, 1.165) is 29.2 Å². The SMILES string of the molecule is CCCn1c(SCC(O)COc2ccc(C#N)cc2)nc2cc(Cl)ccc21. The third-order valence-corrected chi connectivity index (χ3v) is 5.31. The van der Waals surface area contributed by atoms with Gasteiger partial charge in [-0.25, -0.2) is 4.98 Å². The van der Waals surface area contributed by atoms with Gasteiger partial charge in [-0.1, -0.05) is 30.3 Å². The highest BCUT2D eigenvalue weighted by atomic mass is 35.5. The Balaban J connectivity index is 1.61. The summed E-state index contributed by atoms with van der Waals surface area (Å²) in [6, 6.07) is 14.6. The fourth-order valence-corrected chi connectivity index (χ4v) is 3.78. The quantitative estimate of drug-likeness (QED) is 0.562. The second kappa shape index (κ2) is 9.14. The van der Waals surface area contributed by atoms with Crippen molar-refractivity contribution in [1.82, 2.24) is 9.55 Å². The van der Waals surface area contributed by atoms with Crippen molar-refractivity contribution in [1.29, 1.82) is 5.26 Å². The Morgan fingerprint density at radius 3 is 2.78 bits per heavy atom. The largest absolute Gasteiger partial charge is 0.491 e. The van der Waals surface area contributed by atoms with Gasteiger partial charge in [-0.2, -0.15) is 5.26 Å². The highest BCUT2D eigenvalue weighted by Gasteiger charge is 2.14. The Labute approximate surface area is 167 Å². The van der Waals surface area contributed by atoms with Crippen molar-refractivity contribution < 1.29 is 9.84 Å². The molecule has 0 aliphatic carbocycles. The van der Waals surface area contributed by atoms with Crippen LogP contribution in [0.2, 0.25) is 5.02 Å². The number of nitrogens with zero attached hydrogens (tertiary/aromatic N) is 3. The number of aryl methyl sites for hydroxylation is 1. The summed E-state index contributed by atoms with van der Waals surface area (Å²) in [6.07, 6.45) is 0.357. The average molecular weight is 402 g/mol. The molecule has 0 spiro atoms. The summed E-state index contributed by atoms with van der Waals surface area (Å²) >= 11 is 7.58. The van der Waals surface area contributed by atoms with Gasteiger partial charge in [-0.05, 0) is 48.9 Å². The summed E-state index contributed by atoms with van der Waals surface area (Å²) in [4.78, 5) is 4.66. The topological polar surface area (TPSA) is 71.1 Å². The molecule has 1 heterocycles. The molecule has 27 heavy (non-hydrogen) atoms. The molecule has 2 aromatic carbocycles. The van der Waals surface area contributed by atoms with Crippen molar-refractivity contribution >= 4 is 34.4 Å². The van der Waals surface area contributed by atoms with E-state index in [1.807, 2.05) is 18.2 Å². The lowest BCUT2D eigenvalue weighted by Crippen LogP contribution is -2.20. The maximum absolute atomic E-state index is 10.3. The molecule has 1 aromatic heterocycles. The first kappa shape index (κ1) is 19.6. The predicted octanol–water partition coefficient (Wildman–Crippen LogP) is 4.50. The number of thioether (sulfide) groups is 1. The van der Waals surface area contributed by atoms with E-state index < -0.39 is 6.10 Å². The van der Waals surface area contributed by atoms with Gasteiger partial charge >= 0.3 is 0 Å². The normalized spacial score (nSPS) is 12.1. The van der Waals surface area contributed by atoms with E-state index in [4.69, 9.17) is 21.6 Å². The van der Waals surface area contributed by atoms with Gasteiger partial charge in [-0.15, -0.1) is 0 Å². The molecule has 7 heteroatoms. The Morgan fingerprint density at radius 2 is 2.07 bits per heavy atom. The highest BCUT2D eigenvalue weighted by Crippen LogP contribution is 2.27. The Kier molecular flexibility index (Phi) is 6.62. The molecule has 0 saturated carbocycles. The van der Waals surface area contributed by atoms with Gasteiger partial charge in [0.05, 0.1) is 28.8 Å². The summed E-state index contributed by atoms with van der Waals surface area (Å²) in [6.45, 7) is 3.16. The molecule has 0 aliphatic rings. The van der Waals surface area contributed by atoms with Crippen molar-refractivity contribution in [3.63, 3.8) is 0 Å². The van der Waals surface area contributed by atoms with Crippen molar-refractivity contribution in [3.05, 3.63) is 53.1 Å². The van der Waals surface area contributed by atoms with Crippen molar-refractivity contribution in [2.45, 2.75) is 31.1 Å². The molecular formula is C20H20ClN3O2S. The Bertz CT molecular complexity index is 950. The first-order valence-corrected chi connectivity index (χ1v) is 10.1. The van der Waals surface area contributed by atoms with Gasteiger partial charge in [-0.3, -0.25) is 0 Å². The number of imidazole rings is 1. The molecular weight excluding hydrogens is 382 g/mol. The number of nitriles is 1. The lowest BCUT2D eigenvalue weighted by Gasteiger charge is -2.13. The average Bonchev–Trinajstić information content (AvgIpc) is 3.02. The predicted molar refractivity (Wildman–Crippen MR) is 108 cm³/mol. The molecule has 0 fully saturated rings. The summed E-state index contributed by atoms with van der Waals surface area (Å²) < 4.78 is 7.75. The molecule has 1 unspecified atom stereocenters. The Morgan fingerprint density at radius 1 is 1.30 bits per heavy atom. The van der Waals surface area contributed by atoms with Crippen LogP contribution >= 0.6 is 23.4 Å². The number of halogens is 1. The van der Waals surface area contributed by atoms with Crippen LogP contribution < -0.4 is 4.74 Å². The standard InChI is InChI=1S/C20H20ClN3O2S/c1-2-9-24-19-8-5-15(21)10-18(19)23-20(24)27-13-16(25)12-26-17-6-3-14(11-22)4-7-17/h3-8,10,16,25H,2,9,12-13H2,1H3. The second-order valence-corrected chi connectivity index (χ2v) is 7.51. The zero-order valence-electron chi connectivity index (χ0n) is 14.9. The molecule has 0 amide bonds. The monoisotopic (exact) mass is 401 g/mol. The minimum absolute atomic E-state index is 0.179. The van der Waals surface area contributed by atoms with Crippen LogP contribution in [-0.2, 0) is 6.54 Å². The number of ether oxygens (including phenoxy) is 1. The number of rotatable bonds is 8. The third-order valence-electron chi connectivity index (χ3n) is 3.95. The van der Waals surface area contributed by atoms with Gasteiger partial charge in [0.1, 0.15) is 12.4 Å². The molecule has 140 valence electrons. The fourth-order valence-electron chi connectivity index (χ4n) is 2.67. The van der Waals surface area contributed by atoms with Gasteiger partial charge in [0.2, 0.25) is 0 Å². The van der Waals surface area contributed by atoms with Gasteiger partial charge < -0.3 is 14.4 Å². The number of aliphatic hydroxyl groups is 1. The number of benzene rings is 2. The molecule has 1 atom stereocenters. The van der Waals surface area contributed by atoms with Crippen LogP contribution in [0.25, 0.3) is 11.0 Å². The number of fused-ring (bicyclic) bond motifs is 1. The van der Waals surface area contributed by atoms with E-state index in [1.54, 1.807) is 24.3 Å². The first-order valence-electron chi connectivity index (χ1n) is 8.70. The molecule has 0 aliphatic heterocycles. The van der Waals surface area contributed by atoms with Gasteiger partial charge in [0.25, 0.3) is 0 Å². The van der Waals surface area contributed by atoms with Crippen LogP contribution in [0.3, 0.4) is 0 Å². The first-order chi connectivity index (χ1) is 13.1. The van der Waals surface area contributed by atoms with E-state index in [2.05, 4.69) is 22.5 Å². The third kappa shape index (κ3) is 4.95. The fraction of sp³-hybridized carbons (Fsp3) is 0.300. The van der Waals surface area contributed by atoms with E-state index in [1.165, 1.54) is 11.8 Å². The highest BCUT2D eigenvalue weighted by molar-refractivity contribution is 7.99. The number of aromatic nitrogens is 2. The molecule has 0 radical (unpaired) electrons. The molecule has 1 N–H and O–H groups in total. The molecule has 3 rings (SSSR count). The molecule has 0 bridgehead atoms. The smallest absolute Gasteiger partial charge is 0.169 e. The van der Waals surface area contributed by atoms with Crippen LogP contribution in [0.4, 0.5) is 0 Å². The lowest BCUT2D eigenvalue weighted by atomic mass is 10.2. The van der Waals surface area contributed by atoms with Crippen LogP contribution in [0.1, 0.15) is 18.9 Å². The van der Waals surface area contributed by atoms with Crippen LogP contribution in [0.5, 0.6) is 5.75 Å².